The molecule has 0 saturated carbocycles. The zero-order chi connectivity index (χ0) is 4.83. The van der Waals surface area contributed by atoms with Gasteiger partial charge in [0.25, 0.3) is 0 Å². The van der Waals surface area contributed by atoms with E-state index in [-0.39, 0.29) is 0 Å². The first-order chi connectivity index (χ1) is 2.91. The van der Waals surface area contributed by atoms with Gasteiger partial charge in [-0.25, -0.2) is 0 Å². The summed E-state index contributed by atoms with van der Waals surface area (Å²) in [5.74, 6) is 0. The Hall–Kier alpha value is -0.740. The molecule has 0 fully saturated rings. The maximum atomic E-state index is 3.37. The summed E-state index contributed by atoms with van der Waals surface area (Å²) >= 11 is 0. The van der Waals surface area contributed by atoms with Crippen molar-refractivity contribution >= 4 is 0 Å². The van der Waals surface area contributed by atoms with Gasteiger partial charge in [-0.1, -0.05) is 18.7 Å². The van der Waals surface area contributed by atoms with Crippen molar-refractivity contribution in [2.75, 3.05) is 0 Å². The molecule has 0 aromatic carbocycles. The normalized spacial score (nSPS) is 8.17. The summed E-state index contributed by atoms with van der Waals surface area (Å²) in [6.07, 6.45) is 5.57. The molecular formula is C6H8. The molecule has 0 aromatic heterocycles. The zero-order valence-corrected chi connectivity index (χ0v) is 3.94. The van der Waals surface area contributed by atoms with Gasteiger partial charge in [-0.05, 0) is 13.0 Å². The standard InChI is InChI=1S/C6H8/c1-3-5-6-4-2/h4-6H,1H2,2H3/b6-4+. The van der Waals surface area contributed by atoms with Crippen molar-refractivity contribution in [3.63, 3.8) is 0 Å². The second-order valence-corrected chi connectivity index (χ2v) is 0.897. The van der Waals surface area contributed by atoms with Gasteiger partial charge in [-0.3, -0.25) is 0 Å². The molecular weight excluding hydrogens is 72.1 g/mol. The zero-order valence-electron chi connectivity index (χ0n) is 3.94. The number of hydrogen-bond donors (Lipinski definition) is 0. The van der Waals surface area contributed by atoms with Crippen LogP contribution in [0.1, 0.15) is 6.92 Å². The van der Waals surface area contributed by atoms with Crippen molar-refractivity contribution in [1.82, 2.24) is 0 Å². The second-order valence-electron chi connectivity index (χ2n) is 0.897. The lowest BCUT2D eigenvalue weighted by Crippen LogP contribution is -1.36. The van der Waals surface area contributed by atoms with Crippen LogP contribution >= 0.6 is 0 Å². The molecule has 32 valence electrons. The van der Waals surface area contributed by atoms with Crippen LogP contribution in [0.2, 0.25) is 0 Å². The van der Waals surface area contributed by atoms with Crippen LogP contribution in [0.25, 0.3) is 0 Å². The molecule has 0 nitrogen and oxygen atoms in total. The van der Waals surface area contributed by atoms with Crippen LogP contribution in [0.3, 0.4) is 0 Å². The predicted octanol–water partition coefficient (Wildman–Crippen LogP) is 1.90. The highest BCUT2D eigenvalue weighted by Crippen LogP contribution is 1.67. The lowest BCUT2D eigenvalue weighted by molar-refractivity contribution is 1.74. The lowest BCUT2D eigenvalue weighted by Gasteiger charge is -1.57. The molecule has 0 spiro atoms. The van der Waals surface area contributed by atoms with Gasteiger partial charge < -0.3 is 0 Å². The van der Waals surface area contributed by atoms with E-state index in [2.05, 4.69) is 12.3 Å². The van der Waals surface area contributed by atoms with Crippen LogP contribution in [-0.4, -0.2) is 0 Å². The van der Waals surface area contributed by atoms with Crippen molar-refractivity contribution in [2.45, 2.75) is 6.92 Å². The largest absolute Gasteiger partial charge is 0.129 e. The van der Waals surface area contributed by atoms with E-state index in [9.17, 15) is 0 Å². The van der Waals surface area contributed by atoms with Gasteiger partial charge >= 0.3 is 0 Å². The third kappa shape index (κ3) is 3.26. The molecule has 0 rings (SSSR count). The maximum absolute atomic E-state index is 3.37. The maximum Gasteiger partial charge on any atom is -0.0209 e. The first kappa shape index (κ1) is 5.26. The minimum Gasteiger partial charge on any atom is -0.129 e. The fraction of sp³-hybridized carbons (Fsp3) is 0.167. The Kier molecular flexibility index (Phi) is 3.73. The van der Waals surface area contributed by atoms with Gasteiger partial charge in [0, 0.05) is 0 Å². The molecule has 0 aliphatic carbocycles. The van der Waals surface area contributed by atoms with Crippen LogP contribution in [-0.2, 0) is 0 Å². The molecule has 0 heterocycles. The van der Waals surface area contributed by atoms with Gasteiger partial charge in [0.2, 0.25) is 0 Å². The van der Waals surface area contributed by atoms with Crippen molar-refractivity contribution in [3.05, 3.63) is 30.5 Å². The molecule has 0 aliphatic rings. The van der Waals surface area contributed by atoms with E-state index in [1.165, 1.54) is 0 Å². The fourth-order valence-electron chi connectivity index (χ4n) is 0.164. The molecule has 0 N–H and O–H groups in total. The van der Waals surface area contributed by atoms with Crippen molar-refractivity contribution < 1.29 is 0 Å². The Bertz CT molecular complexity index is 82.2. The summed E-state index contributed by atoms with van der Waals surface area (Å²) in [6.45, 7) is 5.32. The molecule has 0 radical (unpaired) electrons. The van der Waals surface area contributed by atoms with E-state index in [4.69, 9.17) is 0 Å². The molecule has 0 amide bonds. The van der Waals surface area contributed by atoms with Crippen LogP contribution in [0, 0.1) is 0 Å². The highest BCUT2D eigenvalue weighted by molar-refractivity contribution is 4.98. The third-order valence-electron chi connectivity index (χ3n) is 0.407. The summed E-state index contributed by atoms with van der Waals surface area (Å²) < 4.78 is 0. The van der Waals surface area contributed by atoms with E-state index >= 15 is 0 Å². The molecule has 0 atom stereocenters. The number of allylic oxidation sites excluding steroid dienone is 3. The summed E-state index contributed by atoms with van der Waals surface area (Å²) in [5, 5.41) is 0. The van der Waals surface area contributed by atoms with E-state index in [1.54, 1.807) is 6.08 Å². The SMILES string of the molecule is C=C=C/C=C/C. The Labute approximate surface area is 38.5 Å². The Morgan fingerprint density at radius 2 is 2.33 bits per heavy atom. The topological polar surface area (TPSA) is 0 Å². The molecule has 0 saturated heterocycles. The average Bonchev–Trinajstić information content (AvgIpc) is 1.61. The van der Waals surface area contributed by atoms with Crippen LogP contribution in [0.15, 0.2) is 30.5 Å². The monoisotopic (exact) mass is 80.1 g/mol. The quantitative estimate of drug-likeness (QED) is 0.333. The molecule has 0 aliphatic heterocycles. The molecule has 0 bridgehead atoms. The minimum atomic E-state index is 1.76. The highest BCUT2D eigenvalue weighted by atomic mass is 13.5. The summed E-state index contributed by atoms with van der Waals surface area (Å²) in [7, 11) is 0. The minimum absolute atomic E-state index is 1.76. The van der Waals surface area contributed by atoms with Crippen LogP contribution in [0.4, 0.5) is 0 Å². The van der Waals surface area contributed by atoms with Crippen LogP contribution in [0.5, 0.6) is 0 Å². The highest BCUT2D eigenvalue weighted by Gasteiger charge is 1.45. The van der Waals surface area contributed by atoms with Crippen molar-refractivity contribution in [2.24, 2.45) is 0 Å². The van der Waals surface area contributed by atoms with Crippen LogP contribution < -0.4 is 0 Å². The van der Waals surface area contributed by atoms with Gasteiger partial charge in [0.05, 0.1) is 0 Å². The first-order valence-electron chi connectivity index (χ1n) is 1.89. The van der Waals surface area contributed by atoms with Gasteiger partial charge in [-0.2, -0.15) is 0 Å². The third-order valence-corrected chi connectivity index (χ3v) is 0.407. The second kappa shape index (κ2) is 4.26. The number of hydrogen-bond acceptors (Lipinski definition) is 0. The lowest BCUT2D eigenvalue weighted by atomic mass is 10.5. The average molecular weight is 80.1 g/mol. The van der Waals surface area contributed by atoms with Crippen molar-refractivity contribution in [1.29, 1.82) is 0 Å². The molecule has 0 aromatic rings. The van der Waals surface area contributed by atoms with E-state index in [1.807, 2.05) is 19.1 Å². The Morgan fingerprint density at radius 3 is 2.50 bits per heavy atom. The number of rotatable bonds is 1. The van der Waals surface area contributed by atoms with E-state index in [0.717, 1.165) is 0 Å². The van der Waals surface area contributed by atoms with Crippen molar-refractivity contribution in [3.8, 4) is 0 Å². The molecule has 0 heteroatoms. The van der Waals surface area contributed by atoms with E-state index < -0.39 is 0 Å². The fourth-order valence-corrected chi connectivity index (χ4v) is 0.164. The van der Waals surface area contributed by atoms with Gasteiger partial charge in [0.15, 0.2) is 0 Å². The predicted molar refractivity (Wildman–Crippen MR) is 28.5 cm³/mol. The van der Waals surface area contributed by atoms with Gasteiger partial charge in [-0.15, -0.1) is 5.73 Å². The Morgan fingerprint density at radius 1 is 1.67 bits per heavy atom. The summed E-state index contributed by atoms with van der Waals surface area (Å²) in [4.78, 5) is 0. The molecule has 0 unspecified atom stereocenters. The van der Waals surface area contributed by atoms with E-state index in [0.29, 0.717) is 0 Å². The molecule has 6 heavy (non-hydrogen) atoms. The Balaban J connectivity index is 3.33. The summed E-state index contributed by atoms with van der Waals surface area (Å²) in [6, 6.07) is 0. The summed E-state index contributed by atoms with van der Waals surface area (Å²) in [5.41, 5.74) is 2.61. The van der Waals surface area contributed by atoms with Gasteiger partial charge in [0.1, 0.15) is 0 Å². The smallest absolute Gasteiger partial charge is 0.0209 e. The first-order valence-corrected chi connectivity index (χ1v) is 1.89.